The van der Waals surface area contributed by atoms with Crippen molar-refractivity contribution >= 4 is 16.6 Å². The Hall–Kier alpha value is -1.71. The van der Waals surface area contributed by atoms with Gasteiger partial charge in [-0.25, -0.2) is 0 Å². The number of hydrogen-bond donors (Lipinski definition) is 1. The molecule has 1 unspecified atom stereocenters. The number of piperidine rings is 1. The van der Waals surface area contributed by atoms with Gasteiger partial charge in [-0.3, -0.25) is 4.79 Å². The van der Waals surface area contributed by atoms with Crippen LogP contribution >= 0.6 is 0 Å². The minimum Gasteiger partial charge on any atom is -0.392 e. The van der Waals surface area contributed by atoms with E-state index in [1.54, 1.807) is 0 Å². The monoisotopic (exact) mass is 325 g/mol. The van der Waals surface area contributed by atoms with Crippen LogP contribution < -0.4 is 0 Å². The molecule has 1 fully saturated rings. The third kappa shape index (κ3) is 3.68. The largest absolute Gasteiger partial charge is 0.392 e. The summed E-state index contributed by atoms with van der Waals surface area (Å²) in [7, 11) is 0. The molecule has 1 saturated heterocycles. The molecule has 2 aromatic carbocycles. The number of hydrogen-bond acceptors (Lipinski definition) is 3. The predicted octanol–water partition coefficient (Wildman–Crippen LogP) is 3.88. The van der Waals surface area contributed by atoms with Crippen molar-refractivity contribution in [3.8, 4) is 0 Å². The van der Waals surface area contributed by atoms with Crippen molar-refractivity contribution in [1.29, 1.82) is 0 Å². The van der Waals surface area contributed by atoms with Gasteiger partial charge < -0.3 is 10.0 Å². The quantitative estimate of drug-likeness (QED) is 0.848. The van der Waals surface area contributed by atoms with E-state index in [1.807, 2.05) is 36.4 Å². The first-order valence-electron chi connectivity index (χ1n) is 8.97. The van der Waals surface area contributed by atoms with E-state index < -0.39 is 0 Å². The van der Waals surface area contributed by atoms with Crippen LogP contribution in [0.25, 0.3) is 10.8 Å². The molecule has 1 N–H and O–H groups in total. The van der Waals surface area contributed by atoms with Gasteiger partial charge in [-0.15, -0.1) is 0 Å². The van der Waals surface area contributed by atoms with Crippen molar-refractivity contribution in [3.63, 3.8) is 0 Å². The summed E-state index contributed by atoms with van der Waals surface area (Å²) in [4.78, 5) is 15.5. The van der Waals surface area contributed by atoms with E-state index in [4.69, 9.17) is 0 Å². The van der Waals surface area contributed by atoms with Crippen LogP contribution in [0.2, 0.25) is 0 Å². The Labute approximate surface area is 144 Å². The van der Waals surface area contributed by atoms with E-state index in [-0.39, 0.29) is 18.3 Å². The van der Waals surface area contributed by atoms with E-state index >= 15 is 0 Å². The molecule has 0 amide bonds. The van der Waals surface area contributed by atoms with E-state index in [2.05, 4.69) is 18.7 Å². The van der Waals surface area contributed by atoms with Gasteiger partial charge in [0.05, 0.1) is 6.61 Å². The van der Waals surface area contributed by atoms with Crippen molar-refractivity contribution in [3.05, 3.63) is 47.5 Å². The van der Waals surface area contributed by atoms with E-state index in [0.717, 1.165) is 54.4 Å². The van der Waals surface area contributed by atoms with Gasteiger partial charge in [-0.2, -0.15) is 0 Å². The summed E-state index contributed by atoms with van der Waals surface area (Å²) in [6, 6.07) is 11.8. The fraction of sp³-hybridized carbons (Fsp3) is 0.476. The first-order chi connectivity index (χ1) is 11.6. The predicted molar refractivity (Wildman–Crippen MR) is 98.2 cm³/mol. The molecule has 0 bridgehead atoms. The minimum atomic E-state index is -0.0359. The number of Topliss-reactive ketones (excluding diaryl/α,β-unsaturated/α-hetero) is 1. The van der Waals surface area contributed by atoms with Crippen molar-refractivity contribution in [1.82, 2.24) is 4.90 Å². The maximum Gasteiger partial charge on any atom is 0.167 e. The van der Waals surface area contributed by atoms with Gasteiger partial charge >= 0.3 is 0 Å². The molecule has 3 rings (SSSR count). The van der Waals surface area contributed by atoms with Crippen LogP contribution in [0.3, 0.4) is 0 Å². The average molecular weight is 325 g/mol. The molecule has 0 radical (unpaired) electrons. The molecule has 2 aromatic rings. The standard InChI is InChI=1S/C21H27NO2/c1-15(2)12-22-9-5-7-17(13-22)21(24)18-10-16-6-3-4-8-20(16)19(11-18)14-23/h3-4,6,8,10-11,15,17,23H,5,7,9,12-14H2,1-2H3. The van der Waals surface area contributed by atoms with Crippen LogP contribution in [0.1, 0.15) is 42.6 Å². The van der Waals surface area contributed by atoms with Gasteiger partial charge in [0.15, 0.2) is 5.78 Å². The molecular weight excluding hydrogens is 298 g/mol. The Morgan fingerprint density at radius 3 is 2.83 bits per heavy atom. The van der Waals surface area contributed by atoms with E-state index in [1.165, 1.54) is 0 Å². The Kier molecular flexibility index (Phi) is 5.32. The molecule has 0 aromatic heterocycles. The van der Waals surface area contributed by atoms with Gasteiger partial charge in [0.25, 0.3) is 0 Å². The lowest BCUT2D eigenvalue weighted by Crippen LogP contribution is -2.40. The summed E-state index contributed by atoms with van der Waals surface area (Å²) >= 11 is 0. The fourth-order valence-corrected chi connectivity index (χ4v) is 3.85. The number of aliphatic hydroxyl groups is 1. The normalized spacial score (nSPS) is 19.1. The minimum absolute atomic E-state index is 0.0359. The number of aliphatic hydroxyl groups excluding tert-OH is 1. The molecule has 0 aliphatic carbocycles. The summed E-state index contributed by atoms with van der Waals surface area (Å²) in [6.45, 7) is 7.43. The molecular formula is C21H27NO2. The van der Waals surface area contributed by atoms with Crippen molar-refractivity contribution < 1.29 is 9.90 Å². The fourth-order valence-electron chi connectivity index (χ4n) is 3.85. The number of likely N-dealkylation sites (tertiary alicyclic amines) is 1. The Balaban J connectivity index is 1.85. The summed E-state index contributed by atoms with van der Waals surface area (Å²) in [5, 5.41) is 11.7. The molecule has 24 heavy (non-hydrogen) atoms. The maximum atomic E-state index is 13.0. The highest BCUT2D eigenvalue weighted by atomic mass is 16.3. The second-order valence-corrected chi connectivity index (χ2v) is 7.37. The van der Waals surface area contributed by atoms with Crippen LogP contribution in [-0.2, 0) is 6.61 Å². The topological polar surface area (TPSA) is 40.5 Å². The summed E-state index contributed by atoms with van der Waals surface area (Å²) in [5.41, 5.74) is 1.58. The molecule has 0 saturated carbocycles. The highest BCUT2D eigenvalue weighted by Gasteiger charge is 2.27. The molecule has 128 valence electrons. The van der Waals surface area contributed by atoms with Gasteiger partial charge in [-0.05, 0) is 53.8 Å². The van der Waals surface area contributed by atoms with Crippen LogP contribution in [-0.4, -0.2) is 35.4 Å². The summed E-state index contributed by atoms with van der Waals surface area (Å²) in [5.74, 6) is 0.926. The Bertz CT molecular complexity index is 723. The number of nitrogens with zero attached hydrogens (tertiary/aromatic N) is 1. The second-order valence-electron chi connectivity index (χ2n) is 7.37. The highest BCUT2D eigenvalue weighted by Crippen LogP contribution is 2.26. The smallest absolute Gasteiger partial charge is 0.167 e. The van der Waals surface area contributed by atoms with Crippen molar-refractivity contribution in [2.45, 2.75) is 33.3 Å². The van der Waals surface area contributed by atoms with Crippen LogP contribution in [0.4, 0.5) is 0 Å². The highest BCUT2D eigenvalue weighted by molar-refractivity contribution is 6.02. The number of benzene rings is 2. The molecule has 3 nitrogen and oxygen atoms in total. The Morgan fingerprint density at radius 2 is 2.08 bits per heavy atom. The first kappa shape index (κ1) is 17.1. The van der Waals surface area contributed by atoms with Crippen molar-refractivity contribution in [2.24, 2.45) is 11.8 Å². The molecule has 0 spiro atoms. The molecule has 3 heteroatoms. The SMILES string of the molecule is CC(C)CN1CCCC(C(=O)c2cc(CO)c3ccccc3c2)C1. The first-order valence-corrected chi connectivity index (χ1v) is 8.97. The molecule has 1 heterocycles. The lowest BCUT2D eigenvalue weighted by atomic mass is 9.88. The third-order valence-corrected chi connectivity index (χ3v) is 4.90. The number of fused-ring (bicyclic) bond motifs is 1. The van der Waals surface area contributed by atoms with E-state index in [9.17, 15) is 9.90 Å². The molecule has 1 atom stereocenters. The molecule has 1 aliphatic heterocycles. The van der Waals surface area contributed by atoms with Crippen LogP contribution in [0, 0.1) is 11.8 Å². The summed E-state index contributed by atoms with van der Waals surface area (Å²) in [6.07, 6.45) is 2.05. The van der Waals surface area contributed by atoms with Crippen LogP contribution in [0.15, 0.2) is 36.4 Å². The zero-order valence-corrected chi connectivity index (χ0v) is 14.7. The van der Waals surface area contributed by atoms with Gasteiger partial charge in [0.2, 0.25) is 0 Å². The van der Waals surface area contributed by atoms with Gasteiger partial charge in [-0.1, -0.05) is 38.1 Å². The number of rotatable bonds is 5. The second kappa shape index (κ2) is 7.45. The van der Waals surface area contributed by atoms with Gasteiger partial charge in [0.1, 0.15) is 0 Å². The van der Waals surface area contributed by atoms with Gasteiger partial charge in [0, 0.05) is 24.6 Å². The number of carbonyl (C=O) groups excluding carboxylic acids is 1. The zero-order chi connectivity index (χ0) is 17.1. The number of ketones is 1. The maximum absolute atomic E-state index is 13.0. The zero-order valence-electron chi connectivity index (χ0n) is 14.7. The third-order valence-electron chi connectivity index (χ3n) is 4.90. The number of carbonyl (C=O) groups is 1. The lowest BCUT2D eigenvalue weighted by molar-refractivity contribution is 0.0806. The summed E-state index contributed by atoms with van der Waals surface area (Å²) < 4.78 is 0. The average Bonchev–Trinajstić information content (AvgIpc) is 2.59. The Morgan fingerprint density at radius 1 is 1.29 bits per heavy atom. The van der Waals surface area contributed by atoms with Crippen molar-refractivity contribution in [2.75, 3.05) is 19.6 Å². The van der Waals surface area contributed by atoms with E-state index in [0.29, 0.717) is 5.92 Å². The van der Waals surface area contributed by atoms with Crippen LogP contribution in [0.5, 0.6) is 0 Å². The molecule has 1 aliphatic rings. The lowest BCUT2D eigenvalue weighted by Gasteiger charge is -2.33.